The molecule has 178 valence electrons. The van der Waals surface area contributed by atoms with Crippen LogP contribution in [0.4, 0.5) is 9.39 Å². The number of anilines is 1. The largest absolute Gasteiger partial charge is 0.340 e. The lowest BCUT2D eigenvalue weighted by atomic mass is 9.96. The highest BCUT2D eigenvalue weighted by atomic mass is 32.1. The van der Waals surface area contributed by atoms with E-state index in [4.69, 9.17) is 0 Å². The molecule has 0 fully saturated rings. The molecule has 36 heavy (non-hydrogen) atoms. The highest BCUT2D eigenvalue weighted by Crippen LogP contribution is 2.38. The lowest BCUT2D eigenvalue weighted by Gasteiger charge is -2.09. The number of carbonyl (C=O) groups is 1. The molecule has 5 rings (SSSR count). The van der Waals surface area contributed by atoms with E-state index < -0.39 is 5.91 Å². The van der Waals surface area contributed by atoms with Gasteiger partial charge in [0.15, 0.2) is 0 Å². The van der Waals surface area contributed by atoms with Crippen molar-refractivity contribution in [2.24, 2.45) is 0 Å². The van der Waals surface area contributed by atoms with Crippen LogP contribution in [0.1, 0.15) is 45.7 Å². The number of thiophene rings is 1. The summed E-state index contributed by atoms with van der Waals surface area (Å²) in [5.41, 5.74) is 5.10. The number of fused-ring (bicyclic) bond motifs is 2. The van der Waals surface area contributed by atoms with E-state index in [0.29, 0.717) is 17.1 Å². The fraction of sp³-hybridized carbons (Fsp3) is 0.207. The molecule has 2 aromatic carbocycles. The lowest BCUT2D eigenvalue weighted by Crippen LogP contribution is -2.13. The number of carbonyl (C=O) groups excluding carboxylic acids is 1. The number of aromatic nitrogens is 1. The molecule has 0 saturated carbocycles. The Morgan fingerprint density at radius 3 is 2.64 bits per heavy atom. The van der Waals surface area contributed by atoms with Crippen LogP contribution in [-0.2, 0) is 24.2 Å². The molecule has 5 nitrogen and oxygen atoms in total. The summed E-state index contributed by atoms with van der Waals surface area (Å²) >= 11 is 1.44. The molecular formula is C29H23FN4OS. The van der Waals surface area contributed by atoms with Crippen LogP contribution < -0.4 is 5.32 Å². The standard InChI is InChI=1S/C29H23FN4OS/c1-18-24(22-6-2-4-8-26(22)34(18)17-19-10-12-21(30)13-11-19)14-20(15-31)28(35)33-29-25(16-32)23-7-3-5-9-27(23)36-29/h2,4,6,8,10-14H,3,5,7,9,17H2,1H3,(H,33,35)/b20-14+. The lowest BCUT2D eigenvalue weighted by molar-refractivity contribution is -0.112. The fourth-order valence-electron chi connectivity index (χ4n) is 4.85. The van der Waals surface area contributed by atoms with E-state index in [1.54, 1.807) is 18.2 Å². The minimum atomic E-state index is -0.526. The van der Waals surface area contributed by atoms with Crippen LogP contribution in [0.25, 0.3) is 17.0 Å². The van der Waals surface area contributed by atoms with Gasteiger partial charge in [-0.3, -0.25) is 4.79 Å². The number of nitrogens with zero attached hydrogens (tertiary/aromatic N) is 3. The molecule has 1 aliphatic rings. The summed E-state index contributed by atoms with van der Waals surface area (Å²) in [6.45, 7) is 2.48. The zero-order chi connectivity index (χ0) is 25.2. The van der Waals surface area contributed by atoms with Gasteiger partial charge < -0.3 is 9.88 Å². The van der Waals surface area contributed by atoms with Crippen LogP contribution in [0.3, 0.4) is 0 Å². The van der Waals surface area contributed by atoms with Gasteiger partial charge in [-0.15, -0.1) is 11.3 Å². The van der Waals surface area contributed by atoms with Crippen molar-refractivity contribution in [2.45, 2.75) is 39.2 Å². The summed E-state index contributed by atoms with van der Waals surface area (Å²) in [7, 11) is 0. The van der Waals surface area contributed by atoms with Crippen molar-refractivity contribution in [3.63, 3.8) is 0 Å². The molecule has 0 aliphatic heterocycles. The van der Waals surface area contributed by atoms with E-state index >= 15 is 0 Å². The number of aryl methyl sites for hydroxylation is 1. The van der Waals surface area contributed by atoms with Gasteiger partial charge in [-0.2, -0.15) is 10.5 Å². The van der Waals surface area contributed by atoms with Gasteiger partial charge in [0.05, 0.1) is 5.56 Å². The van der Waals surface area contributed by atoms with E-state index in [9.17, 15) is 19.7 Å². The Balaban J connectivity index is 1.51. The Morgan fingerprint density at radius 1 is 1.14 bits per heavy atom. The second-order valence-electron chi connectivity index (χ2n) is 8.88. The topological polar surface area (TPSA) is 81.6 Å². The summed E-state index contributed by atoms with van der Waals surface area (Å²) in [6, 6.07) is 18.5. The molecule has 4 aromatic rings. The zero-order valence-electron chi connectivity index (χ0n) is 19.8. The van der Waals surface area contributed by atoms with Gasteiger partial charge in [0.2, 0.25) is 0 Å². The first-order valence-corrected chi connectivity index (χ1v) is 12.6. The highest BCUT2D eigenvalue weighted by molar-refractivity contribution is 7.16. The Kier molecular flexibility index (Phi) is 6.41. The van der Waals surface area contributed by atoms with Gasteiger partial charge in [-0.1, -0.05) is 30.3 Å². The maximum atomic E-state index is 13.4. The van der Waals surface area contributed by atoms with Crippen molar-refractivity contribution in [1.29, 1.82) is 10.5 Å². The molecule has 0 bridgehead atoms. The molecule has 2 heterocycles. The van der Waals surface area contributed by atoms with Crippen LogP contribution in [-0.4, -0.2) is 10.5 Å². The maximum absolute atomic E-state index is 13.4. The predicted octanol–water partition coefficient (Wildman–Crippen LogP) is 6.49. The van der Waals surface area contributed by atoms with Crippen molar-refractivity contribution in [3.8, 4) is 12.1 Å². The number of hydrogen-bond donors (Lipinski definition) is 1. The molecule has 0 radical (unpaired) electrons. The number of nitrogens with one attached hydrogen (secondary N) is 1. The summed E-state index contributed by atoms with van der Waals surface area (Å²) in [5, 5.41) is 23.8. The molecule has 1 amide bonds. The molecule has 1 N–H and O–H groups in total. The Morgan fingerprint density at radius 2 is 1.89 bits per heavy atom. The number of halogens is 1. The van der Waals surface area contributed by atoms with E-state index in [2.05, 4.69) is 16.0 Å². The monoisotopic (exact) mass is 494 g/mol. The SMILES string of the molecule is Cc1c(/C=C(\C#N)C(=O)Nc2sc3c(c2C#N)CCCC3)c2ccccc2n1Cc1ccc(F)cc1. The minimum absolute atomic E-state index is 0.0296. The quantitative estimate of drug-likeness (QED) is 0.254. The average molecular weight is 495 g/mol. The molecular weight excluding hydrogens is 471 g/mol. The van der Waals surface area contributed by atoms with Gasteiger partial charge in [0.25, 0.3) is 5.91 Å². The molecule has 0 spiro atoms. The van der Waals surface area contributed by atoms with Gasteiger partial charge in [-0.25, -0.2) is 4.39 Å². The van der Waals surface area contributed by atoms with E-state index in [1.807, 2.05) is 37.3 Å². The number of rotatable bonds is 5. The summed E-state index contributed by atoms with van der Waals surface area (Å²) in [4.78, 5) is 14.3. The maximum Gasteiger partial charge on any atom is 0.266 e. The van der Waals surface area contributed by atoms with E-state index in [1.165, 1.54) is 23.5 Å². The third-order valence-electron chi connectivity index (χ3n) is 6.70. The molecule has 1 aliphatic carbocycles. The number of para-hydroxylation sites is 1. The van der Waals surface area contributed by atoms with Gasteiger partial charge in [0, 0.05) is 33.6 Å². The van der Waals surface area contributed by atoms with Gasteiger partial charge in [0.1, 0.15) is 28.5 Å². The third-order valence-corrected chi connectivity index (χ3v) is 7.90. The third kappa shape index (κ3) is 4.30. The normalized spacial score (nSPS) is 13.2. The minimum Gasteiger partial charge on any atom is -0.340 e. The number of hydrogen-bond acceptors (Lipinski definition) is 4. The van der Waals surface area contributed by atoms with Crippen molar-refractivity contribution in [2.75, 3.05) is 5.32 Å². The van der Waals surface area contributed by atoms with Crippen LogP contribution in [0.5, 0.6) is 0 Å². The molecule has 2 aromatic heterocycles. The Labute approximate surface area is 212 Å². The first-order valence-electron chi connectivity index (χ1n) is 11.8. The fourth-order valence-corrected chi connectivity index (χ4v) is 6.09. The zero-order valence-corrected chi connectivity index (χ0v) is 20.6. The van der Waals surface area contributed by atoms with Crippen LogP contribution in [0, 0.1) is 35.4 Å². The van der Waals surface area contributed by atoms with E-state index in [-0.39, 0.29) is 11.4 Å². The number of amides is 1. The molecule has 0 unspecified atom stereocenters. The summed E-state index contributed by atoms with van der Waals surface area (Å²) in [6.07, 6.45) is 5.50. The molecule has 0 saturated heterocycles. The van der Waals surface area contributed by atoms with Crippen LogP contribution >= 0.6 is 11.3 Å². The first-order chi connectivity index (χ1) is 17.5. The van der Waals surface area contributed by atoms with Crippen molar-refractivity contribution in [1.82, 2.24) is 4.57 Å². The summed E-state index contributed by atoms with van der Waals surface area (Å²) in [5.74, 6) is -0.811. The predicted molar refractivity (Wildman–Crippen MR) is 140 cm³/mol. The number of nitriles is 2. The Bertz CT molecular complexity index is 1600. The van der Waals surface area contributed by atoms with Gasteiger partial charge >= 0.3 is 0 Å². The smallest absolute Gasteiger partial charge is 0.266 e. The average Bonchev–Trinajstić information content (AvgIpc) is 3.37. The van der Waals surface area contributed by atoms with Gasteiger partial charge in [-0.05, 0) is 68.0 Å². The van der Waals surface area contributed by atoms with Crippen molar-refractivity contribution in [3.05, 3.63) is 92.7 Å². The molecule has 7 heteroatoms. The van der Waals surface area contributed by atoms with E-state index in [0.717, 1.165) is 63.8 Å². The second kappa shape index (κ2) is 9.81. The van der Waals surface area contributed by atoms with Crippen LogP contribution in [0.2, 0.25) is 0 Å². The van der Waals surface area contributed by atoms with Crippen molar-refractivity contribution < 1.29 is 9.18 Å². The second-order valence-corrected chi connectivity index (χ2v) is 9.98. The Hall–Kier alpha value is -4.20. The molecule has 0 atom stereocenters. The number of benzene rings is 2. The van der Waals surface area contributed by atoms with Crippen LogP contribution in [0.15, 0.2) is 54.1 Å². The first kappa shape index (κ1) is 23.5. The highest BCUT2D eigenvalue weighted by Gasteiger charge is 2.23. The summed E-state index contributed by atoms with van der Waals surface area (Å²) < 4.78 is 15.5. The van der Waals surface area contributed by atoms with Crippen molar-refractivity contribution >= 4 is 39.2 Å².